The highest BCUT2D eigenvalue weighted by molar-refractivity contribution is 6.40. The molecule has 0 spiro atoms. The molecule has 0 saturated carbocycles. The average Bonchev–Trinajstić information content (AvgIpc) is 2.37. The molecule has 0 aliphatic rings. The van der Waals surface area contributed by atoms with Crippen molar-refractivity contribution in [2.45, 2.75) is 6.42 Å². The topological polar surface area (TPSA) is 70.6 Å². The molecule has 3 N–H and O–H groups in total. The molecule has 0 saturated heterocycles. The zero-order valence-corrected chi connectivity index (χ0v) is 12.9. The fourth-order valence-electron chi connectivity index (χ4n) is 1.33. The standard InChI is InChI=1S/C12H15Cl3N2O3/c13-8-6-9(14)11(10(15)7-8)20-5-3-17-12(19)16-2-1-4-18/h6-7,18H,1-5H2,(H2,16,17,19). The number of amides is 2. The van der Waals surface area contributed by atoms with E-state index in [4.69, 9.17) is 44.6 Å². The van der Waals surface area contributed by atoms with Gasteiger partial charge in [-0.15, -0.1) is 0 Å². The Morgan fingerprint density at radius 3 is 2.35 bits per heavy atom. The molecule has 5 nitrogen and oxygen atoms in total. The number of hydrogen-bond donors (Lipinski definition) is 3. The van der Waals surface area contributed by atoms with Gasteiger partial charge in [-0.1, -0.05) is 34.8 Å². The molecule has 0 aromatic heterocycles. The number of aliphatic hydroxyl groups is 1. The molecule has 0 unspecified atom stereocenters. The maximum atomic E-state index is 11.3. The van der Waals surface area contributed by atoms with Gasteiger partial charge in [-0.2, -0.15) is 0 Å². The van der Waals surface area contributed by atoms with Gasteiger partial charge in [0.15, 0.2) is 5.75 Å². The second-order valence-electron chi connectivity index (χ2n) is 3.81. The Morgan fingerprint density at radius 1 is 1.15 bits per heavy atom. The first-order chi connectivity index (χ1) is 9.54. The summed E-state index contributed by atoms with van der Waals surface area (Å²) in [5.41, 5.74) is 0. The van der Waals surface area contributed by atoms with E-state index in [0.29, 0.717) is 40.3 Å². The van der Waals surface area contributed by atoms with Crippen LogP contribution >= 0.6 is 34.8 Å². The van der Waals surface area contributed by atoms with Crippen LogP contribution in [0.2, 0.25) is 15.1 Å². The lowest BCUT2D eigenvalue weighted by Gasteiger charge is -2.11. The van der Waals surface area contributed by atoms with Crippen molar-refractivity contribution in [2.24, 2.45) is 0 Å². The first-order valence-corrected chi connectivity index (χ1v) is 7.08. The Hall–Kier alpha value is -0.880. The number of carbonyl (C=O) groups is 1. The Kier molecular flexibility index (Phi) is 7.84. The van der Waals surface area contributed by atoms with E-state index in [1.54, 1.807) is 0 Å². The highest BCUT2D eigenvalue weighted by Crippen LogP contribution is 2.35. The molecule has 2 amide bonds. The number of rotatable bonds is 7. The van der Waals surface area contributed by atoms with Crippen molar-refractivity contribution in [3.05, 3.63) is 27.2 Å². The van der Waals surface area contributed by atoms with E-state index in [9.17, 15) is 4.79 Å². The molecule has 1 rings (SSSR count). The maximum Gasteiger partial charge on any atom is 0.314 e. The smallest absolute Gasteiger partial charge is 0.314 e. The number of aliphatic hydroxyl groups excluding tert-OH is 1. The van der Waals surface area contributed by atoms with Gasteiger partial charge in [-0.3, -0.25) is 0 Å². The molecule has 0 atom stereocenters. The third-order valence-corrected chi connectivity index (χ3v) is 3.00. The zero-order chi connectivity index (χ0) is 15.0. The van der Waals surface area contributed by atoms with Gasteiger partial charge in [0, 0.05) is 18.2 Å². The Labute approximate surface area is 132 Å². The summed E-state index contributed by atoms with van der Waals surface area (Å²) in [7, 11) is 0. The van der Waals surface area contributed by atoms with Crippen LogP contribution < -0.4 is 15.4 Å². The third-order valence-electron chi connectivity index (χ3n) is 2.22. The van der Waals surface area contributed by atoms with E-state index in [0.717, 1.165) is 0 Å². The van der Waals surface area contributed by atoms with Crippen LogP contribution in [0.1, 0.15) is 6.42 Å². The molecule has 20 heavy (non-hydrogen) atoms. The predicted molar refractivity (Wildman–Crippen MR) is 80.1 cm³/mol. The van der Waals surface area contributed by atoms with E-state index in [1.165, 1.54) is 12.1 Å². The minimum atomic E-state index is -0.324. The Balaban J connectivity index is 2.29. The number of halogens is 3. The maximum absolute atomic E-state index is 11.3. The van der Waals surface area contributed by atoms with Crippen LogP contribution in [0.4, 0.5) is 4.79 Å². The number of carbonyl (C=O) groups excluding carboxylic acids is 1. The Morgan fingerprint density at radius 2 is 1.75 bits per heavy atom. The number of hydrogen-bond acceptors (Lipinski definition) is 3. The molecule has 0 bridgehead atoms. The summed E-state index contributed by atoms with van der Waals surface area (Å²) in [6.45, 7) is 0.962. The van der Waals surface area contributed by atoms with Gasteiger partial charge < -0.3 is 20.5 Å². The van der Waals surface area contributed by atoms with E-state index in [-0.39, 0.29) is 19.2 Å². The summed E-state index contributed by atoms with van der Waals surface area (Å²) in [4.78, 5) is 11.3. The SMILES string of the molecule is O=C(NCCCO)NCCOc1c(Cl)cc(Cl)cc1Cl. The summed E-state index contributed by atoms with van der Waals surface area (Å²) in [5.74, 6) is 0.334. The van der Waals surface area contributed by atoms with Crippen LogP contribution in [-0.4, -0.2) is 37.4 Å². The largest absolute Gasteiger partial charge is 0.489 e. The van der Waals surface area contributed by atoms with Crippen molar-refractivity contribution in [1.82, 2.24) is 10.6 Å². The molecular formula is C12H15Cl3N2O3. The second kappa shape index (κ2) is 9.13. The number of ether oxygens (including phenoxy) is 1. The van der Waals surface area contributed by atoms with Gasteiger partial charge >= 0.3 is 6.03 Å². The van der Waals surface area contributed by atoms with Crippen molar-refractivity contribution >= 4 is 40.8 Å². The van der Waals surface area contributed by atoms with E-state index in [2.05, 4.69) is 10.6 Å². The summed E-state index contributed by atoms with van der Waals surface area (Å²) >= 11 is 17.7. The lowest BCUT2D eigenvalue weighted by molar-refractivity contribution is 0.234. The molecule has 0 aliphatic carbocycles. The molecule has 0 aliphatic heterocycles. The van der Waals surface area contributed by atoms with Gasteiger partial charge in [0.25, 0.3) is 0 Å². The quantitative estimate of drug-likeness (QED) is 0.668. The lowest BCUT2D eigenvalue weighted by Crippen LogP contribution is -2.38. The third kappa shape index (κ3) is 6.05. The minimum absolute atomic E-state index is 0.0386. The summed E-state index contributed by atoms with van der Waals surface area (Å²) in [6, 6.07) is 2.73. The summed E-state index contributed by atoms with van der Waals surface area (Å²) in [5, 5.41) is 14.8. The molecule has 1 aromatic carbocycles. The molecular weight excluding hydrogens is 327 g/mol. The predicted octanol–water partition coefficient (Wildman–Crippen LogP) is 2.71. The normalized spacial score (nSPS) is 10.2. The van der Waals surface area contributed by atoms with Gasteiger partial charge in [0.2, 0.25) is 0 Å². The van der Waals surface area contributed by atoms with Crippen LogP contribution in [0.3, 0.4) is 0 Å². The molecule has 0 fully saturated rings. The monoisotopic (exact) mass is 340 g/mol. The van der Waals surface area contributed by atoms with E-state index < -0.39 is 0 Å². The van der Waals surface area contributed by atoms with Gasteiger partial charge in [0.1, 0.15) is 6.61 Å². The number of benzene rings is 1. The van der Waals surface area contributed by atoms with Crippen molar-refractivity contribution in [3.8, 4) is 5.75 Å². The fraction of sp³-hybridized carbons (Fsp3) is 0.417. The van der Waals surface area contributed by atoms with Crippen molar-refractivity contribution in [1.29, 1.82) is 0 Å². The fourth-order valence-corrected chi connectivity index (χ4v) is 2.25. The molecule has 8 heteroatoms. The van der Waals surface area contributed by atoms with Crippen LogP contribution in [0.25, 0.3) is 0 Å². The van der Waals surface area contributed by atoms with E-state index >= 15 is 0 Å². The van der Waals surface area contributed by atoms with Crippen LogP contribution in [0.15, 0.2) is 12.1 Å². The zero-order valence-electron chi connectivity index (χ0n) is 10.6. The molecule has 0 heterocycles. The van der Waals surface area contributed by atoms with Crippen LogP contribution in [0, 0.1) is 0 Å². The van der Waals surface area contributed by atoms with Crippen LogP contribution in [0.5, 0.6) is 5.75 Å². The average molecular weight is 342 g/mol. The van der Waals surface area contributed by atoms with Gasteiger partial charge in [-0.05, 0) is 18.6 Å². The lowest BCUT2D eigenvalue weighted by atomic mass is 10.3. The number of nitrogens with one attached hydrogen (secondary N) is 2. The molecule has 112 valence electrons. The highest BCUT2D eigenvalue weighted by Gasteiger charge is 2.09. The summed E-state index contributed by atoms with van der Waals surface area (Å²) < 4.78 is 5.39. The molecule has 1 aromatic rings. The first kappa shape index (κ1) is 17.2. The van der Waals surface area contributed by atoms with Gasteiger partial charge in [0.05, 0.1) is 16.6 Å². The first-order valence-electron chi connectivity index (χ1n) is 5.94. The Bertz CT molecular complexity index is 435. The van der Waals surface area contributed by atoms with Crippen LogP contribution in [-0.2, 0) is 0 Å². The van der Waals surface area contributed by atoms with Crippen molar-refractivity contribution < 1.29 is 14.6 Å². The molecule has 0 radical (unpaired) electrons. The van der Waals surface area contributed by atoms with Crippen molar-refractivity contribution in [2.75, 3.05) is 26.3 Å². The van der Waals surface area contributed by atoms with Gasteiger partial charge in [-0.25, -0.2) is 4.79 Å². The highest BCUT2D eigenvalue weighted by atomic mass is 35.5. The van der Waals surface area contributed by atoms with Crippen molar-refractivity contribution in [3.63, 3.8) is 0 Å². The minimum Gasteiger partial charge on any atom is -0.489 e. The van der Waals surface area contributed by atoms with E-state index in [1.807, 2.05) is 0 Å². The number of urea groups is 1. The summed E-state index contributed by atoms with van der Waals surface area (Å²) in [6.07, 6.45) is 0.514. The second-order valence-corrected chi connectivity index (χ2v) is 5.06.